The molecule has 3 unspecified atom stereocenters. The minimum absolute atomic E-state index is 0.0109. The first-order valence-electron chi connectivity index (χ1n) is 26.9. The van der Waals surface area contributed by atoms with Crippen molar-refractivity contribution in [2.75, 3.05) is 72.5 Å². The van der Waals surface area contributed by atoms with Crippen molar-refractivity contribution >= 4 is 58.6 Å². The molecular formula is C55H93N3O14. The highest BCUT2D eigenvalue weighted by molar-refractivity contribution is 6.05. The largest absolute Gasteiger partial charge is 0.379 e. The first-order valence-corrected chi connectivity index (χ1v) is 26.9. The number of unbranched alkanes of at least 4 members (excludes halogenated alkanes) is 2. The van der Waals surface area contributed by atoms with Gasteiger partial charge in [-0.25, -0.2) is 0 Å². The van der Waals surface area contributed by atoms with Crippen molar-refractivity contribution in [2.24, 2.45) is 53.3 Å². The molecule has 0 spiro atoms. The lowest BCUT2D eigenvalue weighted by Gasteiger charge is -2.16. The summed E-state index contributed by atoms with van der Waals surface area (Å²) in [5, 5.41) is 0. The number of hydrogen-bond donors (Lipinski definition) is 0. The second-order valence-corrected chi connectivity index (χ2v) is 21.2. The zero-order chi connectivity index (χ0) is 54.5. The fourth-order valence-electron chi connectivity index (χ4n) is 8.08. The van der Waals surface area contributed by atoms with Gasteiger partial charge in [-0.3, -0.25) is 62.6 Å². The van der Waals surface area contributed by atoms with Crippen molar-refractivity contribution in [3.63, 3.8) is 0 Å². The summed E-state index contributed by atoms with van der Waals surface area (Å²) in [5.41, 5.74) is 0. The van der Waals surface area contributed by atoms with Gasteiger partial charge in [-0.15, -0.1) is 0 Å². The summed E-state index contributed by atoms with van der Waals surface area (Å²) in [7, 11) is 0. The molecule has 3 fully saturated rings. The van der Waals surface area contributed by atoms with Crippen LogP contribution in [0.2, 0.25) is 0 Å². The third-order valence-electron chi connectivity index (χ3n) is 13.3. The van der Waals surface area contributed by atoms with Crippen LogP contribution in [0.3, 0.4) is 0 Å². The normalized spacial score (nSPS) is 18.2. The van der Waals surface area contributed by atoms with E-state index < -0.39 is 0 Å². The van der Waals surface area contributed by atoms with Gasteiger partial charge >= 0.3 is 0 Å². The second-order valence-electron chi connectivity index (χ2n) is 21.2. The molecule has 3 atom stereocenters. The van der Waals surface area contributed by atoms with E-state index >= 15 is 0 Å². The molecule has 72 heavy (non-hydrogen) atoms. The van der Waals surface area contributed by atoms with E-state index in [1.165, 1.54) is 14.7 Å². The number of carbonyl (C=O) groups excluding carboxylic acids is 10. The van der Waals surface area contributed by atoms with E-state index in [2.05, 4.69) is 0 Å². The molecule has 3 aliphatic rings. The number of rotatable bonds is 35. The van der Waals surface area contributed by atoms with E-state index in [-0.39, 0.29) is 131 Å². The highest BCUT2D eigenvalue weighted by Crippen LogP contribution is 2.29. The average molecular weight is 1020 g/mol. The number of ketones is 4. The molecule has 412 valence electrons. The van der Waals surface area contributed by atoms with E-state index in [4.69, 9.17) is 18.9 Å². The second kappa shape index (κ2) is 36.0. The Kier molecular flexibility index (Phi) is 33.0. The maximum atomic E-state index is 12.2. The summed E-state index contributed by atoms with van der Waals surface area (Å²) in [6.45, 7) is 27.7. The molecule has 0 aromatic carbocycles. The van der Waals surface area contributed by atoms with Crippen molar-refractivity contribution in [1.29, 1.82) is 0 Å². The van der Waals surface area contributed by atoms with Crippen LogP contribution in [0.25, 0.3) is 0 Å². The molecule has 17 heteroatoms. The molecule has 6 amide bonds. The lowest BCUT2D eigenvalue weighted by Crippen LogP contribution is -2.33. The fraction of sp³-hybridized carbons (Fsp3) is 0.818. The van der Waals surface area contributed by atoms with Crippen LogP contribution in [0.15, 0.2) is 0 Å². The Morgan fingerprint density at radius 2 is 0.708 bits per heavy atom. The van der Waals surface area contributed by atoms with Crippen molar-refractivity contribution < 1.29 is 66.9 Å². The van der Waals surface area contributed by atoms with Crippen molar-refractivity contribution in [3.8, 4) is 0 Å². The minimum Gasteiger partial charge on any atom is -0.379 e. The van der Waals surface area contributed by atoms with Crippen LogP contribution in [-0.2, 0) is 66.9 Å². The molecule has 17 nitrogen and oxygen atoms in total. The molecule has 0 bridgehead atoms. The van der Waals surface area contributed by atoms with Crippen LogP contribution in [0, 0.1) is 53.3 Å². The van der Waals surface area contributed by atoms with E-state index in [0.717, 1.165) is 19.3 Å². The number of Topliss-reactive ketones (excluding diaryl/α,β-unsaturated/α-hetero) is 4. The lowest BCUT2D eigenvalue weighted by molar-refractivity contribution is -0.141. The Morgan fingerprint density at radius 1 is 0.375 bits per heavy atom. The van der Waals surface area contributed by atoms with Gasteiger partial charge in [0, 0.05) is 113 Å². The zero-order valence-electron chi connectivity index (χ0n) is 46.2. The van der Waals surface area contributed by atoms with Gasteiger partial charge in [0.05, 0.1) is 46.2 Å². The number of imide groups is 3. The highest BCUT2D eigenvalue weighted by Gasteiger charge is 2.41. The molecule has 3 heterocycles. The Bertz CT molecular complexity index is 1740. The topological polar surface area (TPSA) is 217 Å². The standard InChI is InChI=1S/C25H43NO8.C16H27NO3.C14H23NO3/c1-19(2)22-18-24(29)26(25(22)30)9-7-21(27)6-5-10-31-12-14-33-16-17-34-15-13-32-11-8-23(28)20(3)4;1-11(2)13-10-15(19)17(16(13)20)9-7-5-6-8-14(18)12(3)4;1-9(2)11-8-13(17)15(14(11)18)7-5-6-12(16)10(3)4/h19-20,22H,5-18H2,1-4H3;11-13H,5-10H2,1-4H3;9-11H,5-8H2,1-4H3. The van der Waals surface area contributed by atoms with Gasteiger partial charge < -0.3 is 18.9 Å². The van der Waals surface area contributed by atoms with Crippen LogP contribution in [0.4, 0.5) is 0 Å². The number of carbonyl (C=O) groups is 10. The van der Waals surface area contributed by atoms with Crippen molar-refractivity contribution in [3.05, 3.63) is 0 Å². The third-order valence-corrected chi connectivity index (χ3v) is 13.3. The van der Waals surface area contributed by atoms with Crippen LogP contribution < -0.4 is 0 Å². The first kappa shape index (κ1) is 66.0. The van der Waals surface area contributed by atoms with Crippen LogP contribution in [-0.4, -0.2) is 146 Å². The summed E-state index contributed by atoms with van der Waals surface area (Å²) in [6.07, 6.45) is 6.72. The monoisotopic (exact) mass is 1020 g/mol. The van der Waals surface area contributed by atoms with Gasteiger partial charge in [-0.05, 0) is 43.4 Å². The Balaban J connectivity index is 0.000000581. The van der Waals surface area contributed by atoms with E-state index in [9.17, 15) is 47.9 Å². The van der Waals surface area contributed by atoms with Crippen molar-refractivity contribution in [1.82, 2.24) is 14.7 Å². The molecule has 0 aliphatic carbocycles. The maximum Gasteiger partial charge on any atom is 0.233 e. The SMILES string of the molecule is CC(C)C(=O)CCCCCN1C(=O)CC(C(C)C)C1=O.CC(C)C(=O)CCCN1C(=O)CC(C(C)C)C1=O.CC(C)C(=O)CCOCCOCCOCCOCCCC(=O)CCN1C(=O)CC(C(C)C)C1=O. The molecule has 0 radical (unpaired) electrons. The van der Waals surface area contributed by atoms with Crippen molar-refractivity contribution in [2.45, 2.75) is 167 Å². The smallest absolute Gasteiger partial charge is 0.233 e. The van der Waals surface area contributed by atoms with E-state index in [0.29, 0.717) is 117 Å². The molecule has 0 aromatic heterocycles. The zero-order valence-corrected chi connectivity index (χ0v) is 46.2. The van der Waals surface area contributed by atoms with E-state index in [1.54, 1.807) is 0 Å². The third kappa shape index (κ3) is 25.3. The predicted octanol–water partition coefficient (Wildman–Crippen LogP) is 7.26. The number of likely N-dealkylation sites (tertiary alicyclic amines) is 3. The van der Waals surface area contributed by atoms with Gasteiger partial charge in [0.2, 0.25) is 35.4 Å². The fourth-order valence-corrected chi connectivity index (χ4v) is 8.08. The Labute approximate surface area is 431 Å². The van der Waals surface area contributed by atoms with Gasteiger partial charge in [-0.1, -0.05) is 89.5 Å². The minimum atomic E-state index is -0.253. The van der Waals surface area contributed by atoms with Gasteiger partial charge in [0.15, 0.2) is 0 Å². The molecule has 0 N–H and O–H groups in total. The van der Waals surface area contributed by atoms with E-state index in [1.807, 2.05) is 83.1 Å². The Morgan fingerprint density at radius 3 is 1.08 bits per heavy atom. The summed E-state index contributed by atoms with van der Waals surface area (Å²) in [5.74, 6) is 0.363. The van der Waals surface area contributed by atoms with Crippen LogP contribution in [0.1, 0.15) is 167 Å². The molecule has 0 aromatic rings. The molecule has 3 aliphatic heterocycles. The van der Waals surface area contributed by atoms with Gasteiger partial charge in [0.1, 0.15) is 23.1 Å². The summed E-state index contributed by atoms with van der Waals surface area (Å²) in [4.78, 5) is 122. The quantitative estimate of drug-likeness (QED) is 0.0451. The van der Waals surface area contributed by atoms with Gasteiger partial charge in [-0.2, -0.15) is 0 Å². The maximum absolute atomic E-state index is 12.2. The first-order chi connectivity index (χ1) is 33.9. The number of ether oxygens (including phenoxy) is 4. The lowest BCUT2D eigenvalue weighted by atomic mass is 9.94. The number of hydrogen-bond acceptors (Lipinski definition) is 14. The Hall–Kier alpha value is -4.06. The van der Waals surface area contributed by atoms with Gasteiger partial charge in [0.25, 0.3) is 0 Å². The highest BCUT2D eigenvalue weighted by atomic mass is 16.6. The molecule has 3 saturated heterocycles. The number of nitrogens with zero attached hydrogens (tertiary/aromatic N) is 3. The molecule has 3 rings (SSSR count). The molecular weight excluding hydrogens is 927 g/mol. The summed E-state index contributed by atoms with van der Waals surface area (Å²) >= 11 is 0. The summed E-state index contributed by atoms with van der Waals surface area (Å²) < 4.78 is 21.6. The molecule has 0 saturated carbocycles. The predicted molar refractivity (Wildman–Crippen MR) is 273 cm³/mol. The summed E-state index contributed by atoms with van der Waals surface area (Å²) in [6, 6.07) is 0. The van der Waals surface area contributed by atoms with Crippen LogP contribution >= 0.6 is 0 Å². The van der Waals surface area contributed by atoms with Crippen LogP contribution in [0.5, 0.6) is 0 Å². The number of amides is 6. The average Bonchev–Trinajstić information content (AvgIpc) is 3.89.